The molecular weight excluding hydrogens is 528 g/mol. The first-order valence-corrected chi connectivity index (χ1v) is 15.9. The number of ether oxygens (including phenoxy) is 1. The van der Waals surface area contributed by atoms with Crippen molar-refractivity contribution in [1.82, 2.24) is 10.2 Å². The fourth-order valence-corrected chi connectivity index (χ4v) is 7.34. The predicted molar refractivity (Wildman–Crippen MR) is 155 cm³/mol. The molecule has 0 saturated carbocycles. The van der Waals surface area contributed by atoms with Crippen LogP contribution in [-0.4, -0.2) is 69.2 Å². The van der Waals surface area contributed by atoms with Crippen molar-refractivity contribution < 1.29 is 22.7 Å². The second kappa shape index (κ2) is 10.7. The van der Waals surface area contributed by atoms with Crippen LogP contribution >= 0.6 is 0 Å². The molecule has 2 unspecified atom stereocenters. The highest BCUT2D eigenvalue weighted by atomic mass is 32.2. The molecule has 216 valence electrons. The molecule has 1 spiro atoms. The van der Waals surface area contributed by atoms with Gasteiger partial charge in [-0.05, 0) is 75.1 Å². The fourth-order valence-electron chi connectivity index (χ4n) is 6.35. The Kier molecular flexibility index (Phi) is 7.60. The maximum atomic E-state index is 14.0. The van der Waals surface area contributed by atoms with Crippen LogP contribution in [0.3, 0.4) is 0 Å². The number of carbonyl (C=O) groups excluding carboxylic acids is 2. The predicted octanol–water partition coefficient (Wildman–Crippen LogP) is 2.58. The molecule has 3 N–H and O–H groups in total. The largest absolute Gasteiger partial charge is 0.493 e. The number of hydrogen-bond acceptors (Lipinski definition) is 6. The van der Waals surface area contributed by atoms with Crippen molar-refractivity contribution in [3.8, 4) is 5.75 Å². The number of fused-ring (bicyclic) bond motifs is 3. The van der Waals surface area contributed by atoms with Crippen molar-refractivity contribution in [2.75, 3.05) is 36.8 Å². The van der Waals surface area contributed by atoms with E-state index in [4.69, 9.17) is 10.5 Å². The number of sulfonamides is 1. The topological polar surface area (TPSA) is 122 Å². The van der Waals surface area contributed by atoms with Crippen molar-refractivity contribution in [2.45, 2.75) is 62.9 Å². The van der Waals surface area contributed by atoms with Crippen molar-refractivity contribution >= 4 is 27.5 Å². The van der Waals surface area contributed by atoms with Gasteiger partial charge in [0.1, 0.15) is 11.8 Å². The molecule has 2 amide bonds. The van der Waals surface area contributed by atoms with Crippen LogP contribution in [0.15, 0.2) is 48.5 Å². The molecule has 1 saturated heterocycles. The molecule has 2 aromatic rings. The highest BCUT2D eigenvalue weighted by Gasteiger charge is 2.48. The van der Waals surface area contributed by atoms with Crippen molar-refractivity contribution in [1.29, 1.82) is 0 Å². The van der Waals surface area contributed by atoms with Crippen LogP contribution in [0, 0.1) is 5.92 Å². The van der Waals surface area contributed by atoms with Gasteiger partial charge < -0.3 is 20.7 Å². The molecule has 3 aliphatic rings. The molecule has 0 aromatic heterocycles. The molecule has 3 heterocycles. The number of anilines is 1. The van der Waals surface area contributed by atoms with Gasteiger partial charge in [0.2, 0.25) is 21.8 Å². The minimum atomic E-state index is -3.42. The monoisotopic (exact) mass is 568 g/mol. The number of para-hydroxylation sites is 2. The summed E-state index contributed by atoms with van der Waals surface area (Å²) in [6.07, 6.45) is 4.57. The molecule has 40 heavy (non-hydrogen) atoms. The van der Waals surface area contributed by atoms with Gasteiger partial charge in [-0.2, -0.15) is 0 Å². The Morgan fingerprint density at radius 1 is 1.12 bits per heavy atom. The smallest absolute Gasteiger partial charge is 0.245 e. The maximum Gasteiger partial charge on any atom is 0.245 e. The Morgan fingerprint density at radius 2 is 1.80 bits per heavy atom. The van der Waals surface area contributed by atoms with E-state index in [0.717, 1.165) is 35.4 Å². The van der Waals surface area contributed by atoms with E-state index in [2.05, 4.69) is 11.4 Å². The molecule has 2 atom stereocenters. The van der Waals surface area contributed by atoms with Crippen molar-refractivity contribution in [3.05, 3.63) is 59.7 Å². The first kappa shape index (κ1) is 28.4. The van der Waals surface area contributed by atoms with Crippen LogP contribution < -0.4 is 20.1 Å². The number of hydrogen-bond donors (Lipinski definition) is 2. The molecule has 10 heteroatoms. The van der Waals surface area contributed by atoms with E-state index in [1.54, 1.807) is 13.8 Å². The zero-order valence-corrected chi connectivity index (χ0v) is 24.4. The molecule has 1 fully saturated rings. The highest BCUT2D eigenvalue weighted by molar-refractivity contribution is 7.92. The first-order chi connectivity index (χ1) is 18.9. The van der Waals surface area contributed by atoms with E-state index >= 15 is 0 Å². The highest BCUT2D eigenvalue weighted by Crippen LogP contribution is 2.48. The first-order valence-electron chi connectivity index (χ1n) is 14.0. The third-order valence-electron chi connectivity index (χ3n) is 8.65. The number of nitrogens with zero attached hydrogens (tertiary/aromatic N) is 2. The van der Waals surface area contributed by atoms with Gasteiger partial charge in [-0.1, -0.05) is 36.4 Å². The number of likely N-dealkylation sites (tertiary alicyclic amines) is 1. The molecule has 9 nitrogen and oxygen atoms in total. The number of rotatable bonds is 6. The minimum Gasteiger partial charge on any atom is -0.493 e. The SMILES string of the molecule is CC(C)(N)C(=O)NC(CC1CCOc2ccccc2C1)C(=O)N1CCC2(CC1)CN(S(C)(=O)=O)c1ccccc12. The van der Waals surface area contributed by atoms with Gasteiger partial charge in [0.25, 0.3) is 0 Å². The summed E-state index contributed by atoms with van der Waals surface area (Å²) < 4.78 is 32.6. The van der Waals surface area contributed by atoms with Crippen LogP contribution in [0.25, 0.3) is 0 Å². The van der Waals surface area contributed by atoms with E-state index in [1.807, 2.05) is 47.4 Å². The lowest BCUT2D eigenvalue weighted by Gasteiger charge is -2.41. The number of nitrogens with one attached hydrogen (secondary N) is 1. The van der Waals surface area contributed by atoms with Crippen LogP contribution in [0.2, 0.25) is 0 Å². The maximum absolute atomic E-state index is 14.0. The van der Waals surface area contributed by atoms with Gasteiger partial charge in [-0.25, -0.2) is 8.42 Å². The molecule has 2 aromatic carbocycles. The summed E-state index contributed by atoms with van der Waals surface area (Å²) in [5, 5.41) is 2.97. The van der Waals surface area contributed by atoms with Gasteiger partial charge in [0.15, 0.2) is 0 Å². The summed E-state index contributed by atoms with van der Waals surface area (Å²) in [6.45, 7) is 5.18. The van der Waals surface area contributed by atoms with Gasteiger partial charge in [0, 0.05) is 25.0 Å². The Balaban J connectivity index is 1.33. The van der Waals surface area contributed by atoms with Gasteiger partial charge in [-0.3, -0.25) is 13.9 Å². The number of nitrogens with two attached hydrogens (primary N) is 1. The lowest BCUT2D eigenvalue weighted by molar-refractivity contribution is -0.139. The third kappa shape index (κ3) is 5.69. The van der Waals surface area contributed by atoms with Crippen LogP contribution in [-0.2, 0) is 31.4 Å². The van der Waals surface area contributed by atoms with Gasteiger partial charge in [0.05, 0.1) is 24.1 Å². The van der Waals surface area contributed by atoms with E-state index < -0.39 is 21.6 Å². The van der Waals surface area contributed by atoms with Crippen LogP contribution in [0.4, 0.5) is 5.69 Å². The molecule has 0 radical (unpaired) electrons. The summed E-state index contributed by atoms with van der Waals surface area (Å²) in [5.41, 5.74) is 7.50. The van der Waals surface area contributed by atoms with Crippen molar-refractivity contribution in [3.63, 3.8) is 0 Å². The zero-order valence-electron chi connectivity index (χ0n) is 23.6. The molecule has 3 aliphatic heterocycles. The summed E-state index contributed by atoms with van der Waals surface area (Å²) in [6, 6.07) is 14.9. The second-order valence-electron chi connectivity index (χ2n) is 12.2. The number of carbonyl (C=O) groups is 2. The average Bonchev–Trinajstić information content (AvgIpc) is 3.08. The second-order valence-corrected chi connectivity index (χ2v) is 14.1. The molecular formula is C30H40N4O5S. The lowest BCUT2D eigenvalue weighted by Crippen LogP contribution is -2.58. The van der Waals surface area contributed by atoms with Crippen LogP contribution in [0.5, 0.6) is 5.75 Å². The van der Waals surface area contributed by atoms with Crippen molar-refractivity contribution in [2.24, 2.45) is 11.7 Å². The molecule has 0 aliphatic carbocycles. The lowest BCUT2D eigenvalue weighted by atomic mass is 9.74. The Morgan fingerprint density at radius 3 is 2.50 bits per heavy atom. The minimum absolute atomic E-state index is 0.114. The average molecular weight is 569 g/mol. The normalized spacial score (nSPS) is 21.1. The zero-order chi connectivity index (χ0) is 28.7. The number of piperidine rings is 1. The quantitative estimate of drug-likeness (QED) is 0.553. The number of amides is 2. The summed E-state index contributed by atoms with van der Waals surface area (Å²) in [5.74, 6) is 0.552. The van der Waals surface area contributed by atoms with Gasteiger partial charge in [-0.15, -0.1) is 0 Å². The summed E-state index contributed by atoms with van der Waals surface area (Å²) >= 11 is 0. The fraction of sp³-hybridized carbons (Fsp3) is 0.533. The standard InChI is InChI=1S/C30H40N4O5S/c1-29(2,31)28(36)32-24(19-21-12-17-39-26-11-7-4-8-22(26)18-21)27(35)33-15-13-30(14-16-33)20-34(40(3,37)38)25-10-6-5-9-23(25)30/h4-11,21,24H,12-20,31H2,1-3H3,(H,32,36). The van der Waals surface area contributed by atoms with E-state index in [9.17, 15) is 18.0 Å². The third-order valence-corrected chi connectivity index (χ3v) is 9.77. The van der Waals surface area contributed by atoms with Crippen LogP contribution in [0.1, 0.15) is 50.7 Å². The van der Waals surface area contributed by atoms with E-state index in [0.29, 0.717) is 45.5 Å². The van der Waals surface area contributed by atoms with Gasteiger partial charge >= 0.3 is 0 Å². The Bertz CT molecular complexity index is 1380. The Hall–Kier alpha value is -3.11. The van der Waals surface area contributed by atoms with E-state index in [1.165, 1.54) is 10.6 Å². The summed E-state index contributed by atoms with van der Waals surface area (Å²) in [7, 11) is -3.42. The summed E-state index contributed by atoms with van der Waals surface area (Å²) in [4.78, 5) is 28.7. The Labute approximate surface area is 237 Å². The number of benzene rings is 2. The molecule has 0 bridgehead atoms. The molecule has 5 rings (SSSR count). The van der Waals surface area contributed by atoms with E-state index in [-0.39, 0.29) is 23.1 Å².